The van der Waals surface area contributed by atoms with E-state index < -0.39 is 0 Å². The van der Waals surface area contributed by atoms with E-state index in [2.05, 4.69) is 34.7 Å². The quantitative estimate of drug-likeness (QED) is 0.448. The molecule has 1 unspecified atom stereocenters. The molecule has 4 rings (SSSR count). The summed E-state index contributed by atoms with van der Waals surface area (Å²) in [6.07, 6.45) is 1.67. The first-order chi connectivity index (χ1) is 13.8. The van der Waals surface area contributed by atoms with Crippen molar-refractivity contribution >= 4 is 11.8 Å². The second kappa shape index (κ2) is 8.39. The molecule has 1 atom stereocenters. The Bertz CT molecular complexity index is 1000. The first-order valence-corrected chi connectivity index (χ1v) is 9.30. The van der Waals surface area contributed by atoms with Gasteiger partial charge in [-0.2, -0.15) is 4.98 Å². The van der Waals surface area contributed by atoms with E-state index in [1.807, 2.05) is 66.7 Å². The van der Waals surface area contributed by atoms with Gasteiger partial charge in [0, 0.05) is 11.6 Å². The zero-order chi connectivity index (χ0) is 19.2. The molecule has 2 heterocycles. The third-order valence-corrected chi connectivity index (χ3v) is 4.46. The number of rotatable bonds is 7. The van der Waals surface area contributed by atoms with Gasteiger partial charge in [-0.1, -0.05) is 60.7 Å². The average Bonchev–Trinajstić information content (AvgIpc) is 3.27. The number of nitrogens with one attached hydrogen (secondary N) is 2. The third kappa shape index (κ3) is 4.38. The van der Waals surface area contributed by atoms with Gasteiger partial charge in [-0.3, -0.25) is 0 Å². The van der Waals surface area contributed by atoms with Crippen LogP contribution in [0.5, 0.6) is 0 Å². The highest BCUT2D eigenvalue weighted by Crippen LogP contribution is 2.24. The lowest BCUT2D eigenvalue weighted by atomic mass is 10.1. The minimum Gasteiger partial charge on any atom is -0.467 e. The van der Waals surface area contributed by atoms with Crippen LogP contribution in [-0.4, -0.2) is 9.97 Å². The lowest BCUT2D eigenvalue weighted by Crippen LogP contribution is -2.11. The van der Waals surface area contributed by atoms with Gasteiger partial charge in [-0.25, -0.2) is 4.98 Å². The van der Waals surface area contributed by atoms with Gasteiger partial charge in [0.05, 0.1) is 24.5 Å². The Kier molecular flexibility index (Phi) is 5.33. The second-order valence-electron chi connectivity index (χ2n) is 6.54. The summed E-state index contributed by atoms with van der Waals surface area (Å²) in [4.78, 5) is 9.38. The fourth-order valence-electron chi connectivity index (χ4n) is 2.97. The van der Waals surface area contributed by atoms with Crippen molar-refractivity contribution < 1.29 is 4.42 Å². The molecule has 0 fully saturated rings. The van der Waals surface area contributed by atoms with E-state index in [0.717, 1.165) is 22.8 Å². The summed E-state index contributed by atoms with van der Waals surface area (Å²) in [6, 6.07) is 26.2. The molecule has 0 bridgehead atoms. The Morgan fingerprint density at radius 2 is 1.64 bits per heavy atom. The number of hydrogen-bond donors (Lipinski definition) is 2. The van der Waals surface area contributed by atoms with Crippen molar-refractivity contribution in [3.05, 3.63) is 96.4 Å². The van der Waals surface area contributed by atoms with E-state index >= 15 is 0 Å². The Morgan fingerprint density at radius 1 is 0.893 bits per heavy atom. The van der Waals surface area contributed by atoms with Crippen LogP contribution in [0.2, 0.25) is 0 Å². The van der Waals surface area contributed by atoms with Crippen molar-refractivity contribution in [1.29, 1.82) is 0 Å². The number of anilines is 2. The lowest BCUT2D eigenvalue weighted by molar-refractivity contribution is 0.518. The fraction of sp³-hybridized carbons (Fsp3) is 0.130. The SMILES string of the molecule is CC(Nc1nc(NCc2ccco2)cc(-c2ccccc2)n1)c1ccccc1. The average molecular weight is 370 g/mol. The molecule has 5 nitrogen and oxygen atoms in total. The summed E-state index contributed by atoms with van der Waals surface area (Å²) >= 11 is 0. The Balaban J connectivity index is 1.61. The Hall–Kier alpha value is -3.60. The number of aromatic nitrogens is 2. The largest absolute Gasteiger partial charge is 0.467 e. The predicted octanol–water partition coefficient (Wildman–Crippen LogP) is 5.52. The molecule has 0 saturated heterocycles. The zero-order valence-corrected chi connectivity index (χ0v) is 15.7. The highest BCUT2D eigenvalue weighted by atomic mass is 16.3. The molecule has 0 radical (unpaired) electrons. The molecule has 0 spiro atoms. The monoisotopic (exact) mass is 370 g/mol. The van der Waals surface area contributed by atoms with Crippen molar-refractivity contribution in [2.45, 2.75) is 19.5 Å². The van der Waals surface area contributed by atoms with Gasteiger partial charge >= 0.3 is 0 Å². The maximum absolute atomic E-state index is 5.40. The number of nitrogens with zero attached hydrogens (tertiary/aromatic N) is 2. The Labute approximate surface area is 164 Å². The summed E-state index contributed by atoms with van der Waals surface area (Å²) < 4.78 is 5.40. The van der Waals surface area contributed by atoms with E-state index in [1.54, 1.807) is 6.26 Å². The van der Waals surface area contributed by atoms with Gasteiger partial charge in [0.2, 0.25) is 5.95 Å². The molecular formula is C23H22N4O. The summed E-state index contributed by atoms with van der Waals surface area (Å²) in [5, 5.41) is 6.74. The highest BCUT2D eigenvalue weighted by Gasteiger charge is 2.11. The molecule has 0 aliphatic rings. The molecule has 140 valence electrons. The molecule has 0 aliphatic heterocycles. The maximum atomic E-state index is 5.40. The van der Waals surface area contributed by atoms with Crippen LogP contribution in [0, 0.1) is 0 Å². The second-order valence-corrected chi connectivity index (χ2v) is 6.54. The highest BCUT2D eigenvalue weighted by molar-refractivity contribution is 5.64. The van der Waals surface area contributed by atoms with Crippen LogP contribution in [-0.2, 0) is 6.54 Å². The molecule has 5 heteroatoms. The van der Waals surface area contributed by atoms with Gasteiger partial charge in [-0.05, 0) is 24.6 Å². The molecule has 28 heavy (non-hydrogen) atoms. The zero-order valence-electron chi connectivity index (χ0n) is 15.7. The van der Waals surface area contributed by atoms with Crippen LogP contribution in [0.4, 0.5) is 11.8 Å². The van der Waals surface area contributed by atoms with E-state index in [9.17, 15) is 0 Å². The molecule has 4 aromatic rings. The standard InChI is InChI=1S/C23H22N4O/c1-17(18-9-4-2-5-10-18)25-23-26-21(19-11-6-3-7-12-19)15-22(27-23)24-16-20-13-8-14-28-20/h2-15,17H,16H2,1H3,(H2,24,25,26,27). The molecular weight excluding hydrogens is 348 g/mol. The van der Waals surface area contributed by atoms with Gasteiger partial charge in [0.1, 0.15) is 11.6 Å². The normalized spacial score (nSPS) is 11.8. The summed E-state index contributed by atoms with van der Waals surface area (Å²) in [5.74, 6) is 2.18. The van der Waals surface area contributed by atoms with Crippen molar-refractivity contribution in [1.82, 2.24) is 9.97 Å². The van der Waals surface area contributed by atoms with Crippen LogP contribution < -0.4 is 10.6 Å². The van der Waals surface area contributed by atoms with Crippen LogP contribution in [0.1, 0.15) is 24.3 Å². The van der Waals surface area contributed by atoms with Crippen LogP contribution in [0.3, 0.4) is 0 Å². The van der Waals surface area contributed by atoms with Crippen molar-refractivity contribution in [2.24, 2.45) is 0 Å². The summed E-state index contributed by atoms with van der Waals surface area (Å²) in [7, 11) is 0. The van der Waals surface area contributed by atoms with Crippen LogP contribution in [0.25, 0.3) is 11.3 Å². The van der Waals surface area contributed by atoms with Gasteiger partial charge < -0.3 is 15.1 Å². The van der Waals surface area contributed by atoms with E-state index in [1.165, 1.54) is 5.56 Å². The lowest BCUT2D eigenvalue weighted by Gasteiger charge is -2.16. The maximum Gasteiger partial charge on any atom is 0.225 e. The Morgan fingerprint density at radius 3 is 2.36 bits per heavy atom. The first-order valence-electron chi connectivity index (χ1n) is 9.30. The molecule has 2 N–H and O–H groups in total. The number of furan rings is 1. The van der Waals surface area contributed by atoms with Gasteiger partial charge in [0.25, 0.3) is 0 Å². The van der Waals surface area contributed by atoms with E-state index in [4.69, 9.17) is 9.40 Å². The molecule has 0 saturated carbocycles. The minimum absolute atomic E-state index is 0.0881. The van der Waals surface area contributed by atoms with Gasteiger partial charge in [0.15, 0.2) is 0 Å². The fourth-order valence-corrected chi connectivity index (χ4v) is 2.97. The van der Waals surface area contributed by atoms with Gasteiger partial charge in [-0.15, -0.1) is 0 Å². The molecule has 0 aliphatic carbocycles. The van der Waals surface area contributed by atoms with Crippen LogP contribution in [0.15, 0.2) is 89.5 Å². The summed E-state index contributed by atoms with van der Waals surface area (Å²) in [6.45, 7) is 2.66. The smallest absolute Gasteiger partial charge is 0.225 e. The molecule has 2 aromatic heterocycles. The van der Waals surface area contributed by atoms with Crippen molar-refractivity contribution in [3.63, 3.8) is 0 Å². The van der Waals surface area contributed by atoms with Crippen molar-refractivity contribution in [3.8, 4) is 11.3 Å². The molecule has 2 aromatic carbocycles. The first kappa shape index (κ1) is 17.8. The third-order valence-electron chi connectivity index (χ3n) is 4.46. The summed E-state index contributed by atoms with van der Waals surface area (Å²) in [5.41, 5.74) is 3.09. The number of benzene rings is 2. The topological polar surface area (TPSA) is 63.0 Å². The van der Waals surface area contributed by atoms with Crippen LogP contribution >= 0.6 is 0 Å². The van der Waals surface area contributed by atoms with E-state index in [-0.39, 0.29) is 6.04 Å². The minimum atomic E-state index is 0.0881. The molecule has 0 amide bonds. The van der Waals surface area contributed by atoms with Crippen molar-refractivity contribution in [2.75, 3.05) is 10.6 Å². The number of hydrogen-bond acceptors (Lipinski definition) is 5. The predicted molar refractivity (Wildman–Crippen MR) is 112 cm³/mol. The van der Waals surface area contributed by atoms with E-state index in [0.29, 0.717) is 12.5 Å².